The molecule has 0 amide bonds. The Hall–Kier alpha value is -3.15. The Kier molecular flexibility index (Phi) is 4.75. The van der Waals surface area contributed by atoms with Crippen LogP contribution in [0.15, 0.2) is 51.7 Å². The van der Waals surface area contributed by atoms with Gasteiger partial charge in [0, 0.05) is 29.1 Å². The Bertz CT molecular complexity index is 1020. The number of hydrogen-bond donors (Lipinski definition) is 0. The second-order valence-corrected chi connectivity index (χ2v) is 6.49. The molecular formula is C20H19NO5. The first-order valence-corrected chi connectivity index (χ1v) is 8.29. The molecule has 2 aromatic carbocycles. The van der Waals surface area contributed by atoms with Gasteiger partial charge in [0.15, 0.2) is 0 Å². The highest BCUT2D eigenvalue weighted by Gasteiger charge is 2.12. The standard InChI is InChI=1S/C20H19NO5/c1-12(2)17-10-18-14(9-20(22)26-19(18)8-13(17)3)11-25-16-6-4-15(5-7-16)21(23)24/h4-10,12H,11H2,1-3H3. The molecule has 6 nitrogen and oxygen atoms in total. The summed E-state index contributed by atoms with van der Waals surface area (Å²) < 4.78 is 11.0. The van der Waals surface area contributed by atoms with Gasteiger partial charge >= 0.3 is 5.63 Å². The third-order valence-corrected chi connectivity index (χ3v) is 4.28. The molecule has 0 saturated heterocycles. The topological polar surface area (TPSA) is 82.6 Å². The molecule has 26 heavy (non-hydrogen) atoms. The van der Waals surface area contributed by atoms with Crippen LogP contribution in [-0.2, 0) is 6.61 Å². The van der Waals surface area contributed by atoms with E-state index in [4.69, 9.17) is 9.15 Å². The second kappa shape index (κ2) is 7.00. The van der Waals surface area contributed by atoms with Crippen molar-refractivity contribution in [3.63, 3.8) is 0 Å². The average molecular weight is 353 g/mol. The van der Waals surface area contributed by atoms with Gasteiger partial charge in [-0.3, -0.25) is 10.1 Å². The number of non-ortho nitro benzene ring substituents is 1. The zero-order chi connectivity index (χ0) is 18.8. The lowest BCUT2D eigenvalue weighted by molar-refractivity contribution is -0.384. The van der Waals surface area contributed by atoms with E-state index >= 15 is 0 Å². The second-order valence-electron chi connectivity index (χ2n) is 6.49. The van der Waals surface area contributed by atoms with E-state index in [0.717, 1.165) is 16.5 Å². The quantitative estimate of drug-likeness (QED) is 0.377. The molecular weight excluding hydrogens is 334 g/mol. The zero-order valence-electron chi connectivity index (χ0n) is 14.8. The highest BCUT2D eigenvalue weighted by Crippen LogP contribution is 2.27. The minimum atomic E-state index is -0.463. The van der Waals surface area contributed by atoms with Gasteiger partial charge in [-0.2, -0.15) is 0 Å². The maximum Gasteiger partial charge on any atom is 0.336 e. The Labute approximate surface area is 150 Å². The van der Waals surface area contributed by atoms with Gasteiger partial charge in [-0.05, 0) is 48.2 Å². The molecule has 1 heterocycles. The molecule has 0 bridgehead atoms. The number of nitro groups is 1. The van der Waals surface area contributed by atoms with Crippen molar-refractivity contribution >= 4 is 16.7 Å². The van der Waals surface area contributed by atoms with Crippen LogP contribution in [0.4, 0.5) is 5.69 Å². The normalized spacial score (nSPS) is 11.1. The summed E-state index contributed by atoms with van der Waals surface area (Å²) >= 11 is 0. The molecule has 0 aliphatic carbocycles. The molecule has 0 aliphatic heterocycles. The predicted molar refractivity (Wildman–Crippen MR) is 98.7 cm³/mol. The molecule has 134 valence electrons. The lowest BCUT2D eigenvalue weighted by Gasteiger charge is -2.13. The number of nitrogens with zero attached hydrogens (tertiary/aromatic N) is 1. The van der Waals surface area contributed by atoms with Gasteiger partial charge in [-0.1, -0.05) is 13.8 Å². The molecule has 0 N–H and O–H groups in total. The number of rotatable bonds is 5. The molecule has 0 spiro atoms. The fourth-order valence-electron chi connectivity index (χ4n) is 2.96. The van der Waals surface area contributed by atoms with E-state index in [1.54, 1.807) is 0 Å². The van der Waals surface area contributed by atoms with Crippen LogP contribution in [-0.4, -0.2) is 4.92 Å². The van der Waals surface area contributed by atoms with Gasteiger partial charge in [-0.25, -0.2) is 4.79 Å². The maximum atomic E-state index is 11.9. The summed E-state index contributed by atoms with van der Waals surface area (Å²) in [6, 6.07) is 11.2. The fraction of sp³-hybridized carbons (Fsp3) is 0.250. The molecule has 0 atom stereocenters. The smallest absolute Gasteiger partial charge is 0.336 e. The minimum Gasteiger partial charge on any atom is -0.489 e. The molecule has 6 heteroatoms. The van der Waals surface area contributed by atoms with Crippen molar-refractivity contribution in [2.75, 3.05) is 0 Å². The van der Waals surface area contributed by atoms with Crippen LogP contribution < -0.4 is 10.4 Å². The number of aryl methyl sites for hydroxylation is 1. The lowest BCUT2D eigenvalue weighted by Crippen LogP contribution is -2.05. The maximum absolute atomic E-state index is 11.9. The summed E-state index contributed by atoms with van der Waals surface area (Å²) in [4.78, 5) is 22.1. The summed E-state index contributed by atoms with van der Waals surface area (Å²) in [6.45, 7) is 6.38. The van der Waals surface area contributed by atoms with Crippen LogP contribution in [0.5, 0.6) is 5.75 Å². The third kappa shape index (κ3) is 3.59. The van der Waals surface area contributed by atoms with Crippen LogP contribution in [0.3, 0.4) is 0 Å². The number of benzene rings is 2. The Morgan fingerprint density at radius 1 is 1.15 bits per heavy atom. The highest BCUT2D eigenvalue weighted by molar-refractivity contribution is 5.82. The first-order chi connectivity index (χ1) is 12.3. The first-order valence-electron chi connectivity index (χ1n) is 8.29. The minimum absolute atomic E-state index is 0.000191. The first kappa shape index (κ1) is 17.7. The van der Waals surface area contributed by atoms with E-state index in [2.05, 4.69) is 13.8 Å². The van der Waals surface area contributed by atoms with E-state index in [1.165, 1.54) is 35.9 Å². The van der Waals surface area contributed by atoms with Crippen molar-refractivity contribution < 1.29 is 14.1 Å². The number of ether oxygens (including phenoxy) is 1. The van der Waals surface area contributed by atoms with Gasteiger partial charge < -0.3 is 9.15 Å². The van der Waals surface area contributed by atoms with E-state index in [0.29, 0.717) is 17.3 Å². The lowest BCUT2D eigenvalue weighted by atomic mass is 9.95. The van der Waals surface area contributed by atoms with Crippen molar-refractivity contribution in [2.45, 2.75) is 33.3 Å². The molecule has 0 saturated carbocycles. The zero-order valence-corrected chi connectivity index (χ0v) is 14.8. The summed E-state index contributed by atoms with van der Waals surface area (Å²) in [5.74, 6) is 0.836. The predicted octanol–water partition coefficient (Wildman–Crippen LogP) is 4.71. The molecule has 0 radical (unpaired) electrons. The Balaban J connectivity index is 1.94. The summed E-state index contributed by atoms with van der Waals surface area (Å²) in [6.07, 6.45) is 0. The highest BCUT2D eigenvalue weighted by atomic mass is 16.6. The molecule has 0 fully saturated rings. The van der Waals surface area contributed by atoms with Crippen molar-refractivity contribution in [1.29, 1.82) is 0 Å². The van der Waals surface area contributed by atoms with Gasteiger partial charge in [-0.15, -0.1) is 0 Å². The largest absolute Gasteiger partial charge is 0.489 e. The average Bonchev–Trinajstić information content (AvgIpc) is 2.59. The summed E-state index contributed by atoms with van der Waals surface area (Å²) in [5.41, 5.74) is 3.07. The Morgan fingerprint density at radius 3 is 2.46 bits per heavy atom. The molecule has 3 aromatic rings. The number of fused-ring (bicyclic) bond motifs is 1. The van der Waals surface area contributed by atoms with E-state index < -0.39 is 10.5 Å². The van der Waals surface area contributed by atoms with Crippen LogP contribution in [0.25, 0.3) is 11.0 Å². The van der Waals surface area contributed by atoms with Crippen molar-refractivity contribution in [3.05, 3.63) is 79.7 Å². The van der Waals surface area contributed by atoms with Crippen molar-refractivity contribution in [3.8, 4) is 5.75 Å². The number of hydrogen-bond acceptors (Lipinski definition) is 5. The van der Waals surface area contributed by atoms with Crippen molar-refractivity contribution in [1.82, 2.24) is 0 Å². The number of nitro benzene ring substituents is 1. The fourth-order valence-corrected chi connectivity index (χ4v) is 2.96. The van der Waals surface area contributed by atoms with Gasteiger partial charge in [0.2, 0.25) is 0 Å². The van der Waals surface area contributed by atoms with Crippen LogP contribution in [0.1, 0.15) is 36.5 Å². The molecule has 0 unspecified atom stereocenters. The summed E-state index contributed by atoms with van der Waals surface area (Å²) in [7, 11) is 0. The van der Waals surface area contributed by atoms with Crippen molar-refractivity contribution in [2.24, 2.45) is 0 Å². The van der Waals surface area contributed by atoms with E-state index in [1.807, 2.05) is 19.1 Å². The van der Waals surface area contributed by atoms with E-state index in [9.17, 15) is 14.9 Å². The molecule has 1 aromatic heterocycles. The monoisotopic (exact) mass is 353 g/mol. The third-order valence-electron chi connectivity index (χ3n) is 4.28. The molecule has 3 rings (SSSR count). The van der Waals surface area contributed by atoms with Crippen LogP contribution in [0, 0.1) is 17.0 Å². The molecule has 0 aliphatic rings. The SMILES string of the molecule is Cc1cc2oc(=O)cc(COc3ccc([N+](=O)[O-])cc3)c2cc1C(C)C. The van der Waals surface area contributed by atoms with E-state index in [-0.39, 0.29) is 12.3 Å². The van der Waals surface area contributed by atoms with Crippen LogP contribution in [0.2, 0.25) is 0 Å². The van der Waals surface area contributed by atoms with Gasteiger partial charge in [0.05, 0.1) is 4.92 Å². The van der Waals surface area contributed by atoms with Gasteiger partial charge in [0.1, 0.15) is 17.9 Å². The Morgan fingerprint density at radius 2 is 1.85 bits per heavy atom. The van der Waals surface area contributed by atoms with Crippen LogP contribution >= 0.6 is 0 Å². The van der Waals surface area contributed by atoms with Gasteiger partial charge in [0.25, 0.3) is 5.69 Å². The summed E-state index contributed by atoms with van der Waals surface area (Å²) in [5, 5.41) is 11.5.